The van der Waals surface area contributed by atoms with E-state index in [1.165, 1.54) is 10.6 Å². The van der Waals surface area contributed by atoms with Crippen LogP contribution < -0.4 is 0 Å². The van der Waals surface area contributed by atoms with Crippen LogP contribution in [0.4, 0.5) is 4.79 Å². The molecule has 0 saturated carbocycles. The van der Waals surface area contributed by atoms with Crippen molar-refractivity contribution in [1.82, 2.24) is 10.0 Å². The molecule has 0 bridgehead atoms. The van der Waals surface area contributed by atoms with Gasteiger partial charge >= 0.3 is 6.09 Å². The average molecular weight is 222 g/mol. The summed E-state index contributed by atoms with van der Waals surface area (Å²) in [6, 6.07) is 0.224. The van der Waals surface area contributed by atoms with Gasteiger partial charge in [0.25, 0.3) is 0 Å². The van der Waals surface area contributed by atoms with Crippen molar-refractivity contribution in [3.63, 3.8) is 0 Å². The summed E-state index contributed by atoms with van der Waals surface area (Å²) < 4.78 is 4.98. The fraction of sp³-hybridized carbons (Fsp3) is 0.636. The number of carbonyl (C=O) groups excluding carboxylic acids is 2. The van der Waals surface area contributed by atoms with Crippen LogP contribution >= 0.6 is 0 Å². The SMILES string of the molecule is CCOC(=O)N1[C@@H]2C=C(C)[C@H]2[C@@H]2CC(=O)N21. The van der Waals surface area contributed by atoms with Crippen LogP contribution in [0.2, 0.25) is 0 Å². The topological polar surface area (TPSA) is 49.9 Å². The van der Waals surface area contributed by atoms with Crippen LogP contribution in [0.3, 0.4) is 0 Å². The van der Waals surface area contributed by atoms with E-state index >= 15 is 0 Å². The smallest absolute Gasteiger partial charge is 0.429 e. The van der Waals surface area contributed by atoms with E-state index in [1.54, 1.807) is 11.9 Å². The summed E-state index contributed by atoms with van der Waals surface area (Å²) in [5.41, 5.74) is 1.28. The molecule has 0 aromatic rings. The maximum atomic E-state index is 11.8. The van der Waals surface area contributed by atoms with Crippen molar-refractivity contribution >= 4 is 12.0 Å². The largest absolute Gasteiger partial charge is 0.448 e. The first-order valence-electron chi connectivity index (χ1n) is 5.61. The second-order valence-electron chi connectivity index (χ2n) is 4.48. The molecule has 0 aromatic heterocycles. The first-order valence-corrected chi connectivity index (χ1v) is 5.61. The van der Waals surface area contributed by atoms with Crippen molar-refractivity contribution < 1.29 is 14.3 Å². The van der Waals surface area contributed by atoms with Crippen LogP contribution in [0, 0.1) is 5.92 Å². The van der Waals surface area contributed by atoms with Gasteiger partial charge in [-0.3, -0.25) is 4.79 Å². The summed E-state index contributed by atoms with van der Waals surface area (Å²) in [5.74, 6) is 0.357. The van der Waals surface area contributed by atoms with Gasteiger partial charge in [-0.2, -0.15) is 0 Å². The second-order valence-corrected chi connectivity index (χ2v) is 4.48. The zero-order valence-corrected chi connectivity index (χ0v) is 9.34. The molecule has 0 spiro atoms. The number of carbonyl (C=O) groups is 2. The molecule has 5 nitrogen and oxygen atoms in total. The Morgan fingerprint density at radius 2 is 2.38 bits per heavy atom. The molecule has 3 aliphatic rings. The molecule has 0 aromatic carbocycles. The highest BCUT2D eigenvalue weighted by Gasteiger charge is 2.61. The van der Waals surface area contributed by atoms with Crippen molar-refractivity contribution in [1.29, 1.82) is 0 Å². The Hall–Kier alpha value is -1.52. The maximum Gasteiger partial charge on any atom is 0.429 e. The Morgan fingerprint density at radius 3 is 2.94 bits per heavy atom. The fourth-order valence-corrected chi connectivity index (χ4v) is 2.92. The summed E-state index contributed by atoms with van der Waals surface area (Å²) in [5, 5.41) is 3.05. The average Bonchev–Trinajstić information content (AvgIpc) is 2.42. The van der Waals surface area contributed by atoms with E-state index in [1.807, 2.05) is 6.08 Å². The standard InChI is InChI=1S/C11H14N2O3/c1-3-16-11(15)13-7-4-6(2)10(7)8-5-9(14)12(8)13/h4,7-8,10H,3,5H2,1-2H3/t7-,8+,10-/m1/s1. The van der Waals surface area contributed by atoms with Gasteiger partial charge in [-0.15, -0.1) is 0 Å². The molecule has 1 aliphatic carbocycles. The molecular formula is C11H14N2O3. The molecular weight excluding hydrogens is 208 g/mol. The number of amides is 2. The van der Waals surface area contributed by atoms with Gasteiger partial charge in [-0.05, 0) is 13.8 Å². The van der Waals surface area contributed by atoms with E-state index in [0.717, 1.165) is 0 Å². The molecule has 0 radical (unpaired) electrons. The van der Waals surface area contributed by atoms with Crippen molar-refractivity contribution in [2.24, 2.45) is 5.92 Å². The lowest BCUT2D eigenvalue weighted by Gasteiger charge is -2.39. The van der Waals surface area contributed by atoms with Crippen LogP contribution in [0.5, 0.6) is 0 Å². The number of β-lactam (4-membered cyclic amide) rings is 1. The Labute approximate surface area is 93.6 Å². The molecule has 86 valence electrons. The molecule has 3 atom stereocenters. The summed E-state index contributed by atoms with van der Waals surface area (Å²) in [7, 11) is 0. The van der Waals surface area contributed by atoms with E-state index in [-0.39, 0.29) is 18.0 Å². The summed E-state index contributed by atoms with van der Waals surface area (Å²) in [4.78, 5) is 23.3. The summed E-state index contributed by atoms with van der Waals surface area (Å²) >= 11 is 0. The lowest BCUT2D eigenvalue weighted by molar-refractivity contribution is -0.161. The van der Waals surface area contributed by atoms with Crippen LogP contribution in [0.15, 0.2) is 11.6 Å². The monoisotopic (exact) mass is 222 g/mol. The number of rotatable bonds is 1. The van der Waals surface area contributed by atoms with E-state index in [9.17, 15) is 9.59 Å². The van der Waals surface area contributed by atoms with E-state index in [4.69, 9.17) is 4.74 Å². The lowest BCUT2D eigenvalue weighted by Crippen LogP contribution is -2.57. The lowest BCUT2D eigenvalue weighted by atomic mass is 9.75. The quantitative estimate of drug-likeness (QED) is 0.489. The highest BCUT2D eigenvalue weighted by Crippen LogP contribution is 2.49. The predicted octanol–water partition coefficient (Wildman–Crippen LogP) is 0.919. The number of hydrogen-bond donors (Lipinski definition) is 0. The fourth-order valence-electron chi connectivity index (χ4n) is 2.92. The van der Waals surface area contributed by atoms with E-state index in [2.05, 4.69) is 6.92 Å². The van der Waals surface area contributed by atoms with Gasteiger partial charge in [-0.25, -0.2) is 14.8 Å². The number of hydrazine groups is 1. The minimum absolute atomic E-state index is 0.0219. The minimum Gasteiger partial charge on any atom is -0.448 e. The predicted molar refractivity (Wildman–Crippen MR) is 55.1 cm³/mol. The zero-order chi connectivity index (χ0) is 11.4. The first kappa shape index (κ1) is 9.69. The Bertz CT molecular complexity index is 404. The van der Waals surface area contributed by atoms with Gasteiger partial charge in [0.15, 0.2) is 0 Å². The van der Waals surface area contributed by atoms with E-state index < -0.39 is 6.09 Å². The molecule has 5 heteroatoms. The van der Waals surface area contributed by atoms with Gasteiger partial charge in [0, 0.05) is 5.92 Å². The zero-order valence-electron chi connectivity index (χ0n) is 9.34. The molecule has 0 unspecified atom stereocenters. The number of ether oxygens (including phenoxy) is 1. The number of hydrogen-bond acceptors (Lipinski definition) is 3. The highest BCUT2D eigenvalue weighted by molar-refractivity contribution is 5.87. The first-order chi connectivity index (χ1) is 7.65. The summed E-state index contributed by atoms with van der Waals surface area (Å²) in [6.07, 6.45) is 2.19. The normalized spacial score (nSPS) is 34.8. The van der Waals surface area contributed by atoms with Crippen LogP contribution in [-0.4, -0.2) is 40.7 Å². The van der Waals surface area contributed by atoms with Crippen molar-refractivity contribution in [3.8, 4) is 0 Å². The molecule has 2 aliphatic heterocycles. The van der Waals surface area contributed by atoms with Gasteiger partial charge in [0.2, 0.25) is 5.91 Å². The van der Waals surface area contributed by atoms with Crippen molar-refractivity contribution in [2.75, 3.05) is 6.61 Å². The third-order valence-electron chi connectivity index (χ3n) is 3.66. The Morgan fingerprint density at radius 1 is 1.62 bits per heavy atom. The van der Waals surface area contributed by atoms with Crippen molar-refractivity contribution in [2.45, 2.75) is 32.4 Å². The number of nitrogens with zero attached hydrogens (tertiary/aromatic N) is 2. The second kappa shape index (κ2) is 2.99. The molecule has 16 heavy (non-hydrogen) atoms. The Balaban J connectivity index is 1.87. The Kier molecular flexibility index (Phi) is 1.81. The van der Waals surface area contributed by atoms with Crippen molar-refractivity contribution in [3.05, 3.63) is 11.6 Å². The third-order valence-corrected chi connectivity index (χ3v) is 3.66. The maximum absolute atomic E-state index is 11.8. The highest BCUT2D eigenvalue weighted by atomic mass is 16.6. The van der Waals surface area contributed by atoms with Gasteiger partial charge in [0.1, 0.15) is 0 Å². The third kappa shape index (κ3) is 0.956. The molecule has 0 N–H and O–H groups in total. The van der Waals surface area contributed by atoms with Gasteiger partial charge < -0.3 is 4.74 Å². The van der Waals surface area contributed by atoms with E-state index in [0.29, 0.717) is 18.9 Å². The molecule has 2 heterocycles. The van der Waals surface area contributed by atoms with Gasteiger partial charge in [0.05, 0.1) is 25.1 Å². The molecule has 2 saturated heterocycles. The van der Waals surface area contributed by atoms with Crippen LogP contribution in [0.1, 0.15) is 20.3 Å². The minimum atomic E-state index is -0.406. The molecule has 2 amide bonds. The van der Waals surface area contributed by atoms with Crippen LogP contribution in [-0.2, 0) is 9.53 Å². The van der Waals surface area contributed by atoms with Crippen LogP contribution in [0.25, 0.3) is 0 Å². The van der Waals surface area contributed by atoms with Gasteiger partial charge in [-0.1, -0.05) is 11.6 Å². The summed E-state index contributed by atoms with van der Waals surface area (Å²) in [6.45, 7) is 4.15. The number of fused-ring (bicyclic) bond motifs is 3. The molecule has 3 rings (SSSR count). The molecule has 2 fully saturated rings.